The number of nitrogens with zero attached hydrogens (tertiary/aromatic N) is 6. The quantitative estimate of drug-likeness (QED) is 0.249. The van der Waals surface area contributed by atoms with Crippen LogP contribution in [-0.2, 0) is 4.74 Å². The highest BCUT2D eigenvalue weighted by atomic mass is 19.3. The molecule has 7 rings (SSSR count). The van der Waals surface area contributed by atoms with Gasteiger partial charge in [-0.05, 0) is 70.7 Å². The second-order valence-electron chi connectivity index (χ2n) is 13.5. The van der Waals surface area contributed by atoms with Gasteiger partial charge >= 0.3 is 6.61 Å². The molecule has 4 aliphatic rings. The SMILES string of the molecule is Cc1cc(-c2nc(C(N)=O)c(Nc3ccc(N4CCC(N5CCN(C)CC5)CC4)c(OC(F)F)c3)nc2NC2CCOC3(CC3)C2)n[nH]1. The van der Waals surface area contributed by atoms with E-state index in [4.69, 9.17) is 20.2 Å². The van der Waals surface area contributed by atoms with E-state index in [0.717, 1.165) is 83.5 Å². The van der Waals surface area contributed by atoms with Crippen LogP contribution in [0.1, 0.15) is 54.7 Å². The number of hydrogen-bond acceptors (Lipinski definition) is 11. The summed E-state index contributed by atoms with van der Waals surface area (Å²) in [6, 6.07) is 7.42. The predicted molar refractivity (Wildman–Crippen MR) is 178 cm³/mol. The van der Waals surface area contributed by atoms with Crippen LogP contribution in [0.3, 0.4) is 0 Å². The zero-order chi connectivity index (χ0) is 33.4. The number of nitrogens with two attached hydrogens (primary N) is 1. The number of piperidine rings is 1. The van der Waals surface area contributed by atoms with Gasteiger partial charge in [-0.3, -0.25) is 14.8 Å². The van der Waals surface area contributed by atoms with Crippen molar-refractivity contribution in [3.63, 3.8) is 0 Å². The molecule has 1 amide bonds. The number of amides is 1. The Hall–Kier alpha value is -4.08. The topological polar surface area (TPSA) is 150 Å². The highest BCUT2D eigenvalue weighted by Gasteiger charge is 2.48. The lowest BCUT2D eigenvalue weighted by Crippen LogP contribution is -2.52. The fraction of sp³-hybridized carbons (Fsp3) is 0.576. The molecule has 4 fully saturated rings. The van der Waals surface area contributed by atoms with Crippen LogP contribution in [0.15, 0.2) is 24.3 Å². The van der Waals surface area contributed by atoms with Gasteiger partial charge in [0, 0.05) is 75.4 Å². The monoisotopic (exact) mass is 666 g/mol. The van der Waals surface area contributed by atoms with E-state index in [1.54, 1.807) is 12.1 Å². The number of primary amides is 1. The van der Waals surface area contributed by atoms with Gasteiger partial charge in [-0.1, -0.05) is 0 Å². The van der Waals surface area contributed by atoms with Crippen molar-refractivity contribution >= 4 is 28.9 Å². The molecule has 0 bridgehead atoms. The molecule has 1 unspecified atom stereocenters. The average molecular weight is 667 g/mol. The fourth-order valence-electron chi connectivity index (χ4n) is 7.18. The molecule has 1 spiro atoms. The lowest BCUT2D eigenvalue weighted by Gasteiger charge is -2.42. The Morgan fingerprint density at radius 2 is 1.85 bits per heavy atom. The Bertz CT molecular complexity index is 1620. The van der Waals surface area contributed by atoms with Crippen LogP contribution in [0.4, 0.5) is 31.8 Å². The summed E-state index contributed by atoms with van der Waals surface area (Å²) in [5.74, 6) is -0.226. The summed E-state index contributed by atoms with van der Waals surface area (Å²) < 4.78 is 38.4. The van der Waals surface area contributed by atoms with Crippen LogP contribution in [0, 0.1) is 6.92 Å². The third kappa shape index (κ3) is 7.17. The third-order valence-electron chi connectivity index (χ3n) is 10.0. The normalized spacial score (nSPS) is 21.9. The standard InChI is InChI=1S/C33H44F2N10O3/c1-20-17-24(42-41-20)27-30(38-22-7-16-47-33(19-22)8-9-33)40-31(28(39-27)29(36)46)37-21-3-4-25(26(18-21)48-32(34)35)45-10-5-23(6-11-45)44-14-12-43(2)13-15-44/h3-4,17-18,22-23,32H,5-16,19H2,1-2H3,(H2,36,46)(H,41,42)(H2,37,38,40). The van der Waals surface area contributed by atoms with Gasteiger partial charge in [0.25, 0.3) is 5.91 Å². The Morgan fingerprint density at radius 3 is 2.52 bits per heavy atom. The van der Waals surface area contributed by atoms with Gasteiger partial charge in [0.1, 0.15) is 11.4 Å². The maximum absolute atomic E-state index is 13.7. The summed E-state index contributed by atoms with van der Waals surface area (Å²) in [6.45, 7) is 5.18. The molecule has 258 valence electrons. The average Bonchev–Trinajstić information content (AvgIpc) is 3.65. The van der Waals surface area contributed by atoms with E-state index in [-0.39, 0.29) is 28.9 Å². The Kier molecular flexibility index (Phi) is 9.09. The summed E-state index contributed by atoms with van der Waals surface area (Å²) in [6.07, 6.45) is 5.57. The molecule has 2 aromatic heterocycles. The number of nitrogens with one attached hydrogen (secondary N) is 3. The Morgan fingerprint density at radius 1 is 1.08 bits per heavy atom. The van der Waals surface area contributed by atoms with Crippen molar-refractivity contribution in [2.75, 3.05) is 68.5 Å². The number of hydrogen-bond donors (Lipinski definition) is 4. The van der Waals surface area contributed by atoms with E-state index in [1.807, 2.05) is 13.0 Å². The minimum absolute atomic E-state index is 0.0422. The molecule has 13 nitrogen and oxygen atoms in total. The van der Waals surface area contributed by atoms with Crippen LogP contribution >= 0.6 is 0 Å². The highest BCUT2D eigenvalue weighted by Crippen LogP contribution is 2.47. The molecule has 48 heavy (non-hydrogen) atoms. The molecule has 3 saturated heterocycles. The number of ether oxygens (including phenoxy) is 2. The summed E-state index contributed by atoms with van der Waals surface area (Å²) >= 11 is 0. The van der Waals surface area contributed by atoms with Gasteiger partial charge in [-0.15, -0.1) is 0 Å². The molecular formula is C33H44F2N10O3. The molecule has 1 saturated carbocycles. The summed E-state index contributed by atoms with van der Waals surface area (Å²) in [7, 11) is 2.15. The van der Waals surface area contributed by atoms with Crippen molar-refractivity contribution < 1.29 is 23.0 Å². The first-order valence-electron chi connectivity index (χ1n) is 16.8. The van der Waals surface area contributed by atoms with Crippen LogP contribution in [-0.4, -0.2) is 113 Å². The van der Waals surface area contributed by atoms with Crippen molar-refractivity contribution in [3.8, 4) is 17.1 Å². The first kappa shape index (κ1) is 32.5. The van der Waals surface area contributed by atoms with Gasteiger partial charge in [0.05, 0.1) is 11.3 Å². The number of piperazine rings is 1. The minimum atomic E-state index is -3.01. The zero-order valence-corrected chi connectivity index (χ0v) is 27.5. The molecule has 0 radical (unpaired) electrons. The summed E-state index contributed by atoms with van der Waals surface area (Å²) in [4.78, 5) is 29.1. The van der Waals surface area contributed by atoms with Crippen LogP contribution in [0.2, 0.25) is 0 Å². The van der Waals surface area contributed by atoms with E-state index < -0.39 is 12.5 Å². The first-order valence-corrected chi connectivity index (χ1v) is 16.8. The van der Waals surface area contributed by atoms with Crippen molar-refractivity contribution in [1.82, 2.24) is 30.0 Å². The number of rotatable bonds is 10. The summed E-state index contributed by atoms with van der Waals surface area (Å²) in [5.41, 5.74) is 8.33. The number of aromatic amines is 1. The maximum Gasteiger partial charge on any atom is 0.387 e. The molecule has 1 aliphatic carbocycles. The van der Waals surface area contributed by atoms with Crippen LogP contribution < -0.4 is 26.0 Å². The number of halogens is 2. The van der Waals surface area contributed by atoms with E-state index >= 15 is 0 Å². The zero-order valence-electron chi connectivity index (χ0n) is 27.5. The molecule has 3 aromatic rings. The molecule has 1 aromatic carbocycles. The van der Waals surface area contributed by atoms with E-state index in [9.17, 15) is 13.6 Å². The van der Waals surface area contributed by atoms with Crippen molar-refractivity contribution in [1.29, 1.82) is 0 Å². The van der Waals surface area contributed by atoms with Gasteiger partial charge in [0.2, 0.25) is 0 Å². The van der Waals surface area contributed by atoms with Crippen LogP contribution in [0.5, 0.6) is 5.75 Å². The number of likely N-dealkylation sites (N-methyl/N-ethyl adjacent to an activating group) is 1. The minimum Gasteiger partial charge on any atom is -0.433 e. The predicted octanol–water partition coefficient (Wildman–Crippen LogP) is 3.96. The largest absolute Gasteiger partial charge is 0.433 e. The maximum atomic E-state index is 13.7. The van der Waals surface area contributed by atoms with Crippen molar-refractivity contribution in [2.24, 2.45) is 5.73 Å². The molecule has 3 aliphatic heterocycles. The highest BCUT2D eigenvalue weighted by molar-refractivity contribution is 5.97. The molecule has 5 N–H and O–H groups in total. The first-order chi connectivity index (χ1) is 23.1. The third-order valence-corrected chi connectivity index (χ3v) is 10.0. The number of carbonyl (C=O) groups excluding carboxylic acids is 1. The Labute approximate surface area is 278 Å². The lowest BCUT2D eigenvalue weighted by atomic mass is 10.0. The fourth-order valence-corrected chi connectivity index (χ4v) is 7.18. The van der Waals surface area contributed by atoms with Gasteiger partial charge in [-0.2, -0.15) is 13.9 Å². The number of H-pyrrole nitrogens is 1. The number of aromatic nitrogens is 4. The Balaban J connectivity index is 1.15. The number of anilines is 4. The van der Waals surface area contributed by atoms with Gasteiger partial charge < -0.3 is 35.6 Å². The number of benzene rings is 1. The smallest absolute Gasteiger partial charge is 0.387 e. The van der Waals surface area contributed by atoms with Gasteiger partial charge in [0.15, 0.2) is 23.1 Å². The molecular weight excluding hydrogens is 622 g/mol. The molecule has 15 heteroatoms. The number of aryl methyl sites for hydroxylation is 1. The van der Waals surface area contributed by atoms with E-state index in [1.165, 1.54) is 6.07 Å². The number of alkyl halides is 2. The lowest BCUT2D eigenvalue weighted by molar-refractivity contribution is -0.0495. The molecule has 5 heterocycles. The molecule has 1 atom stereocenters. The second-order valence-corrected chi connectivity index (χ2v) is 13.5. The van der Waals surface area contributed by atoms with Gasteiger partial charge in [-0.25, -0.2) is 9.97 Å². The van der Waals surface area contributed by atoms with E-state index in [2.05, 4.69) is 47.6 Å². The van der Waals surface area contributed by atoms with Crippen molar-refractivity contribution in [2.45, 2.75) is 69.7 Å². The number of carbonyl (C=O) groups is 1. The second kappa shape index (κ2) is 13.4. The van der Waals surface area contributed by atoms with Crippen molar-refractivity contribution in [3.05, 3.63) is 35.7 Å². The van der Waals surface area contributed by atoms with Crippen LogP contribution in [0.25, 0.3) is 11.4 Å². The summed E-state index contributed by atoms with van der Waals surface area (Å²) in [5, 5.41) is 13.9. The van der Waals surface area contributed by atoms with E-state index in [0.29, 0.717) is 41.2 Å².